The van der Waals surface area contributed by atoms with E-state index in [4.69, 9.17) is 4.74 Å². The van der Waals surface area contributed by atoms with Gasteiger partial charge in [-0.25, -0.2) is 0 Å². The Bertz CT molecular complexity index is 761. The van der Waals surface area contributed by atoms with Crippen LogP contribution in [0.1, 0.15) is 48.9 Å². The van der Waals surface area contributed by atoms with Gasteiger partial charge in [-0.1, -0.05) is 42.8 Å². The average Bonchev–Trinajstić information content (AvgIpc) is 2.65. The molecule has 0 spiro atoms. The Morgan fingerprint density at radius 1 is 1.04 bits per heavy atom. The van der Waals surface area contributed by atoms with Gasteiger partial charge in [0.15, 0.2) is 0 Å². The van der Waals surface area contributed by atoms with Crippen LogP contribution in [-0.2, 0) is 11.2 Å². The summed E-state index contributed by atoms with van der Waals surface area (Å²) in [6.45, 7) is 13.7. The summed E-state index contributed by atoms with van der Waals surface area (Å²) in [5.74, 6) is 1.25. The first-order valence-electron chi connectivity index (χ1n) is 10.4. The smallest absolute Gasteiger partial charge is 0.134 e. The van der Waals surface area contributed by atoms with Crippen LogP contribution in [0.2, 0.25) is 0 Å². The van der Waals surface area contributed by atoms with Crippen molar-refractivity contribution >= 4 is 5.78 Å². The van der Waals surface area contributed by atoms with Crippen LogP contribution in [0.4, 0.5) is 0 Å². The molecule has 28 heavy (non-hydrogen) atoms. The Balaban J connectivity index is 0.000000221. The van der Waals surface area contributed by atoms with Gasteiger partial charge in [0, 0.05) is 19.5 Å². The topological polar surface area (TPSA) is 29.5 Å². The van der Waals surface area contributed by atoms with Crippen LogP contribution in [-0.4, -0.2) is 36.4 Å². The van der Waals surface area contributed by atoms with Gasteiger partial charge in [-0.15, -0.1) is 0 Å². The number of hydrogen-bond acceptors (Lipinski definition) is 3. The van der Waals surface area contributed by atoms with Crippen molar-refractivity contribution in [2.75, 3.05) is 19.6 Å². The molecule has 1 aliphatic heterocycles. The molecule has 3 rings (SSSR count). The van der Waals surface area contributed by atoms with Crippen molar-refractivity contribution in [1.29, 1.82) is 0 Å². The summed E-state index contributed by atoms with van der Waals surface area (Å²) in [6.07, 6.45) is 3.27. The summed E-state index contributed by atoms with van der Waals surface area (Å²) in [5.41, 5.74) is 4.97. The van der Waals surface area contributed by atoms with Crippen LogP contribution in [0.15, 0.2) is 42.5 Å². The molecule has 2 aromatic rings. The highest BCUT2D eigenvalue weighted by molar-refractivity contribution is 5.78. The Hall–Kier alpha value is -2.13. The second-order valence-corrected chi connectivity index (χ2v) is 7.87. The minimum absolute atomic E-state index is 0.218. The van der Waals surface area contributed by atoms with E-state index in [0.717, 1.165) is 30.7 Å². The van der Waals surface area contributed by atoms with Gasteiger partial charge in [0.2, 0.25) is 0 Å². The first-order chi connectivity index (χ1) is 13.4. The van der Waals surface area contributed by atoms with E-state index in [9.17, 15) is 4.79 Å². The van der Waals surface area contributed by atoms with Crippen LogP contribution < -0.4 is 4.74 Å². The van der Waals surface area contributed by atoms with Gasteiger partial charge in [-0.2, -0.15) is 0 Å². The first kappa shape index (κ1) is 22.2. The van der Waals surface area contributed by atoms with E-state index in [1.807, 2.05) is 31.2 Å². The zero-order chi connectivity index (χ0) is 20.5. The number of hydrogen-bond donors (Lipinski definition) is 0. The maximum atomic E-state index is 10.7. The number of piperidine rings is 1. The number of nitrogens with zero attached hydrogens (tertiary/aromatic N) is 1. The third-order valence-electron chi connectivity index (χ3n) is 5.30. The van der Waals surface area contributed by atoms with E-state index in [-0.39, 0.29) is 5.78 Å². The van der Waals surface area contributed by atoms with Crippen molar-refractivity contribution in [1.82, 2.24) is 4.90 Å². The summed E-state index contributed by atoms with van der Waals surface area (Å²) in [6, 6.07) is 14.4. The lowest BCUT2D eigenvalue weighted by Gasteiger charge is -2.31. The Labute approximate surface area is 170 Å². The fourth-order valence-corrected chi connectivity index (χ4v) is 3.43. The number of benzene rings is 2. The lowest BCUT2D eigenvalue weighted by atomic mass is 10.1. The molecule has 0 aromatic heterocycles. The van der Waals surface area contributed by atoms with Crippen LogP contribution in [0.3, 0.4) is 0 Å². The van der Waals surface area contributed by atoms with Gasteiger partial charge < -0.3 is 9.64 Å². The normalized spacial score (nSPS) is 14.9. The molecule has 1 aliphatic rings. The number of ether oxygens (including phenoxy) is 1. The molecule has 0 aliphatic carbocycles. The molecule has 2 aromatic carbocycles. The molecule has 0 saturated carbocycles. The predicted octanol–water partition coefficient (Wildman–Crippen LogP) is 5.29. The Kier molecular flexibility index (Phi) is 8.72. The molecule has 3 nitrogen and oxygen atoms in total. The van der Waals surface area contributed by atoms with Crippen molar-refractivity contribution in [3.63, 3.8) is 0 Å². The fourth-order valence-electron chi connectivity index (χ4n) is 3.43. The van der Waals surface area contributed by atoms with E-state index >= 15 is 0 Å². The lowest BCUT2D eigenvalue weighted by Crippen LogP contribution is -2.37. The molecule has 0 unspecified atom stereocenters. The van der Waals surface area contributed by atoms with Crippen LogP contribution in [0, 0.1) is 20.8 Å². The molecule has 0 radical (unpaired) electrons. The number of aryl methyl sites for hydroxylation is 3. The van der Waals surface area contributed by atoms with Crippen LogP contribution in [0.5, 0.6) is 5.75 Å². The van der Waals surface area contributed by atoms with E-state index < -0.39 is 0 Å². The second-order valence-electron chi connectivity index (χ2n) is 7.87. The van der Waals surface area contributed by atoms with Gasteiger partial charge in [-0.05, 0) is 75.9 Å². The van der Waals surface area contributed by atoms with Gasteiger partial charge in [0.1, 0.15) is 17.6 Å². The molecular weight excluding hydrogens is 346 g/mol. The number of ketones is 1. The minimum Gasteiger partial charge on any atom is -0.490 e. The fraction of sp³-hybridized carbons (Fsp3) is 0.480. The predicted molar refractivity (Wildman–Crippen MR) is 117 cm³/mol. The Morgan fingerprint density at radius 2 is 1.75 bits per heavy atom. The lowest BCUT2D eigenvalue weighted by molar-refractivity contribution is -0.116. The number of Topliss-reactive ketones (excluding diaryl/α,β-unsaturated/α-hetero) is 1. The van der Waals surface area contributed by atoms with Gasteiger partial charge in [-0.3, -0.25) is 4.79 Å². The van der Waals surface area contributed by atoms with E-state index in [2.05, 4.69) is 43.9 Å². The molecule has 0 amide bonds. The van der Waals surface area contributed by atoms with Gasteiger partial charge in [0.25, 0.3) is 0 Å². The number of likely N-dealkylation sites (tertiary alicyclic amines) is 1. The largest absolute Gasteiger partial charge is 0.490 e. The monoisotopic (exact) mass is 381 g/mol. The SMILES string of the molecule is CC(=O)Cc1cccc(C)c1.CCN1CCC(Oc2ccc(C)c(C)c2)CC1. The molecule has 0 atom stereocenters. The molecule has 152 valence electrons. The van der Waals surface area contributed by atoms with Crippen molar-refractivity contribution < 1.29 is 9.53 Å². The molecule has 1 heterocycles. The summed E-state index contributed by atoms with van der Waals surface area (Å²) in [7, 11) is 0. The van der Waals surface area contributed by atoms with E-state index in [0.29, 0.717) is 12.5 Å². The first-order valence-corrected chi connectivity index (χ1v) is 10.4. The molecule has 1 saturated heterocycles. The summed E-state index contributed by atoms with van der Waals surface area (Å²) in [5, 5.41) is 0. The molecule has 3 heteroatoms. The number of carbonyl (C=O) groups is 1. The Morgan fingerprint density at radius 3 is 2.32 bits per heavy atom. The van der Waals surface area contributed by atoms with Crippen molar-refractivity contribution in [2.24, 2.45) is 0 Å². The minimum atomic E-state index is 0.218. The van der Waals surface area contributed by atoms with Crippen LogP contribution >= 0.6 is 0 Å². The highest BCUT2D eigenvalue weighted by Crippen LogP contribution is 2.21. The summed E-state index contributed by atoms with van der Waals surface area (Å²) >= 11 is 0. The van der Waals surface area contributed by atoms with Gasteiger partial charge in [0.05, 0.1) is 0 Å². The molecular formula is C25H35NO2. The number of rotatable bonds is 5. The van der Waals surface area contributed by atoms with Crippen molar-refractivity contribution in [2.45, 2.75) is 60.0 Å². The molecule has 1 fully saturated rings. The molecule has 0 bridgehead atoms. The second kappa shape index (κ2) is 11.0. The quantitative estimate of drug-likeness (QED) is 0.704. The average molecular weight is 382 g/mol. The standard InChI is InChI=1S/C15H23NO.C10H12O/c1-4-16-9-7-14(8-10-16)17-15-6-5-12(2)13(3)11-15;1-8-4-3-5-10(6-8)7-9(2)11/h5-6,11,14H,4,7-10H2,1-3H3;3-6H,7H2,1-2H3. The van der Waals surface area contributed by atoms with E-state index in [1.165, 1.54) is 29.8 Å². The third kappa shape index (κ3) is 7.47. The summed E-state index contributed by atoms with van der Waals surface area (Å²) in [4.78, 5) is 13.2. The zero-order valence-corrected chi connectivity index (χ0v) is 18.1. The molecule has 0 N–H and O–H groups in total. The maximum Gasteiger partial charge on any atom is 0.134 e. The van der Waals surface area contributed by atoms with Gasteiger partial charge >= 0.3 is 0 Å². The summed E-state index contributed by atoms with van der Waals surface area (Å²) < 4.78 is 6.06. The van der Waals surface area contributed by atoms with Crippen molar-refractivity contribution in [3.05, 3.63) is 64.7 Å². The highest BCUT2D eigenvalue weighted by Gasteiger charge is 2.19. The van der Waals surface area contributed by atoms with E-state index in [1.54, 1.807) is 6.92 Å². The zero-order valence-electron chi connectivity index (χ0n) is 18.1. The highest BCUT2D eigenvalue weighted by atomic mass is 16.5. The van der Waals surface area contributed by atoms with Crippen molar-refractivity contribution in [3.8, 4) is 5.75 Å². The van der Waals surface area contributed by atoms with Crippen LogP contribution in [0.25, 0.3) is 0 Å². The number of carbonyl (C=O) groups excluding carboxylic acids is 1. The third-order valence-corrected chi connectivity index (χ3v) is 5.30. The maximum absolute atomic E-state index is 10.7.